The molecule has 0 unspecified atom stereocenters. The molecule has 2 heterocycles. The molecule has 144 valence electrons. The molecule has 0 spiro atoms. The predicted molar refractivity (Wildman–Crippen MR) is 112 cm³/mol. The lowest BCUT2D eigenvalue weighted by Crippen LogP contribution is -2.29. The highest BCUT2D eigenvalue weighted by molar-refractivity contribution is 5.94. The maximum absolute atomic E-state index is 12.8. The molecule has 6 heteroatoms. The number of para-hydroxylation sites is 1. The van der Waals surface area contributed by atoms with Gasteiger partial charge in [-0.05, 0) is 62.6 Å². The molecule has 2 aromatic carbocycles. The third-order valence-corrected chi connectivity index (χ3v) is 5.32. The van der Waals surface area contributed by atoms with Gasteiger partial charge in [0, 0.05) is 29.9 Å². The van der Waals surface area contributed by atoms with Gasteiger partial charge in [-0.25, -0.2) is 0 Å². The van der Waals surface area contributed by atoms with Crippen molar-refractivity contribution in [3.05, 3.63) is 65.0 Å². The van der Waals surface area contributed by atoms with E-state index in [1.165, 1.54) is 31.1 Å². The summed E-state index contributed by atoms with van der Waals surface area (Å²) < 4.78 is 1.59. The number of anilines is 2. The smallest absolute Gasteiger partial charge is 0.248 e. The van der Waals surface area contributed by atoms with Crippen LogP contribution in [0.15, 0.2) is 59.5 Å². The van der Waals surface area contributed by atoms with Crippen molar-refractivity contribution in [3.63, 3.8) is 0 Å². The molecule has 1 amide bonds. The zero-order valence-electron chi connectivity index (χ0n) is 16.0. The summed E-state index contributed by atoms with van der Waals surface area (Å²) in [5, 5.41) is 7.69. The monoisotopic (exact) mass is 376 g/mol. The number of nitrogens with zero attached hydrogens (tertiary/aromatic N) is 3. The second kappa shape index (κ2) is 7.84. The Labute approximate surface area is 163 Å². The average molecular weight is 376 g/mol. The fraction of sp³-hybridized carbons (Fsp3) is 0.318. The lowest BCUT2D eigenvalue weighted by atomic mass is 10.1. The van der Waals surface area contributed by atoms with Crippen molar-refractivity contribution in [2.45, 2.75) is 32.2 Å². The number of hydrogen-bond donors (Lipinski definition) is 1. The Balaban J connectivity index is 1.51. The van der Waals surface area contributed by atoms with Crippen LogP contribution in [0.1, 0.15) is 32.2 Å². The van der Waals surface area contributed by atoms with Crippen LogP contribution in [0.3, 0.4) is 0 Å². The van der Waals surface area contributed by atoms with Crippen LogP contribution in [0, 0.1) is 0 Å². The van der Waals surface area contributed by atoms with E-state index < -0.39 is 6.04 Å². The molecule has 1 aromatic heterocycles. The number of piperidine rings is 1. The summed E-state index contributed by atoms with van der Waals surface area (Å²) in [7, 11) is 0. The minimum absolute atomic E-state index is 0.146. The van der Waals surface area contributed by atoms with E-state index in [2.05, 4.69) is 27.4 Å². The predicted octanol–water partition coefficient (Wildman–Crippen LogP) is 3.59. The maximum Gasteiger partial charge on any atom is 0.248 e. The van der Waals surface area contributed by atoms with Gasteiger partial charge in [0.15, 0.2) is 0 Å². The SMILES string of the molecule is C[C@H](C(=O)Nc1ccc(N2CCCCC2)cc1)n1ncc(=O)c2ccccc21. The van der Waals surface area contributed by atoms with Crippen molar-refractivity contribution in [2.24, 2.45) is 0 Å². The van der Waals surface area contributed by atoms with Gasteiger partial charge >= 0.3 is 0 Å². The van der Waals surface area contributed by atoms with Crippen molar-refractivity contribution in [1.29, 1.82) is 0 Å². The molecule has 1 aliphatic rings. The molecule has 0 aliphatic carbocycles. The van der Waals surface area contributed by atoms with E-state index >= 15 is 0 Å². The van der Waals surface area contributed by atoms with Gasteiger partial charge in [-0.1, -0.05) is 12.1 Å². The second-order valence-corrected chi connectivity index (χ2v) is 7.23. The first-order valence-corrected chi connectivity index (χ1v) is 9.76. The number of carbonyl (C=O) groups excluding carboxylic acids is 1. The fourth-order valence-corrected chi connectivity index (χ4v) is 3.70. The van der Waals surface area contributed by atoms with Crippen LogP contribution in [-0.4, -0.2) is 28.8 Å². The Bertz CT molecular complexity index is 1040. The van der Waals surface area contributed by atoms with E-state index in [1.54, 1.807) is 23.7 Å². The summed E-state index contributed by atoms with van der Waals surface area (Å²) >= 11 is 0. The number of carbonyl (C=O) groups is 1. The quantitative estimate of drug-likeness (QED) is 0.756. The third-order valence-electron chi connectivity index (χ3n) is 5.32. The number of rotatable bonds is 4. The number of aromatic nitrogens is 2. The Morgan fingerprint density at radius 1 is 1.04 bits per heavy atom. The summed E-state index contributed by atoms with van der Waals surface area (Å²) in [6.45, 7) is 3.96. The lowest BCUT2D eigenvalue weighted by molar-refractivity contribution is -0.119. The van der Waals surface area contributed by atoms with Crippen molar-refractivity contribution >= 4 is 28.2 Å². The maximum atomic E-state index is 12.8. The van der Waals surface area contributed by atoms with Gasteiger partial charge in [-0.3, -0.25) is 14.3 Å². The van der Waals surface area contributed by atoms with Crippen molar-refractivity contribution < 1.29 is 4.79 Å². The molecule has 6 nitrogen and oxygen atoms in total. The summed E-state index contributed by atoms with van der Waals surface area (Å²) in [6, 6.07) is 14.6. The Morgan fingerprint density at radius 2 is 1.75 bits per heavy atom. The molecule has 28 heavy (non-hydrogen) atoms. The van der Waals surface area contributed by atoms with Crippen LogP contribution in [0.4, 0.5) is 11.4 Å². The van der Waals surface area contributed by atoms with Gasteiger partial charge in [0.1, 0.15) is 6.04 Å². The van der Waals surface area contributed by atoms with Crippen molar-refractivity contribution in [1.82, 2.24) is 9.78 Å². The molecule has 1 N–H and O–H groups in total. The van der Waals surface area contributed by atoms with E-state index in [1.807, 2.05) is 24.3 Å². The van der Waals surface area contributed by atoms with Gasteiger partial charge in [0.25, 0.3) is 0 Å². The van der Waals surface area contributed by atoms with Gasteiger partial charge in [0.2, 0.25) is 11.3 Å². The van der Waals surface area contributed by atoms with Crippen LogP contribution < -0.4 is 15.6 Å². The first-order valence-electron chi connectivity index (χ1n) is 9.76. The minimum Gasteiger partial charge on any atom is -0.372 e. The molecule has 0 bridgehead atoms. The second-order valence-electron chi connectivity index (χ2n) is 7.23. The van der Waals surface area contributed by atoms with Gasteiger partial charge in [-0.15, -0.1) is 0 Å². The summed E-state index contributed by atoms with van der Waals surface area (Å²) in [5.41, 5.74) is 2.45. The largest absolute Gasteiger partial charge is 0.372 e. The highest BCUT2D eigenvalue weighted by Crippen LogP contribution is 2.22. The average Bonchev–Trinajstić information content (AvgIpc) is 2.75. The molecule has 0 saturated carbocycles. The van der Waals surface area contributed by atoms with Gasteiger partial charge in [0.05, 0.1) is 11.7 Å². The Morgan fingerprint density at radius 3 is 2.50 bits per heavy atom. The summed E-state index contributed by atoms with van der Waals surface area (Å²) in [6.07, 6.45) is 5.03. The summed E-state index contributed by atoms with van der Waals surface area (Å²) in [5.74, 6) is -0.174. The first kappa shape index (κ1) is 18.2. The van der Waals surface area contributed by atoms with Crippen LogP contribution >= 0.6 is 0 Å². The molecule has 1 saturated heterocycles. The first-order chi connectivity index (χ1) is 13.6. The van der Waals surface area contributed by atoms with E-state index in [4.69, 9.17) is 0 Å². The van der Waals surface area contributed by atoms with Crippen molar-refractivity contribution in [3.8, 4) is 0 Å². The summed E-state index contributed by atoms with van der Waals surface area (Å²) in [4.78, 5) is 27.1. The zero-order valence-corrected chi connectivity index (χ0v) is 16.0. The number of fused-ring (bicyclic) bond motifs is 1. The molecular formula is C22H24N4O2. The number of benzene rings is 2. The normalized spacial score (nSPS) is 15.4. The standard InChI is InChI=1S/C22H24N4O2/c1-16(26-20-8-4-3-7-19(20)21(27)15-23-26)22(28)24-17-9-11-18(12-10-17)25-13-5-2-6-14-25/h3-4,7-12,15-16H,2,5-6,13-14H2,1H3,(H,24,28)/t16-/m1/s1. The van der Waals surface area contributed by atoms with Crippen LogP contribution in [0.5, 0.6) is 0 Å². The van der Waals surface area contributed by atoms with Crippen LogP contribution in [0.25, 0.3) is 10.9 Å². The van der Waals surface area contributed by atoms with E-state index in [-0.39, 0.29) is 11.3 Å². The van der Waals surface area contributed by atoms with E-state index in [0.29, 0.717) is 10.9 Å². The van der Waals surface area contributed by atoms with Crippen molar-refractivity contribution in [2.75, 3.05) is 23.3 Å². The molecule has 0 radical (unpaired) electrons. The lowest BCUT2D eigenvalue weighted by Gasteiger charge is -2.28. The van der Waals surface area contributed by atoms with Crippen LogP contribution in [-0.2, 0) is 4.79 Å². The minimum atomic E-state index is -0.549. The number of hydrogen-bond acceptors (Lipinski definition) is 4. The van der Waals surface area contributed by atoms with Gasteiger partial charge < -0.3 is 10.2 Å². The number of nitrogens with one attached hydrogen (secondary N) is 1. The molecule has 1 aliphatic heterocycles. The van der Waals surface area contributed by atoms with E-state index in [9.17, 15) is 9.59 Å². The third kappa shape index (κ3) is 3.63. The van der Waals surface area contributed by atoms with Gasteiger partial charge in [-0.2, -0.15) is 5.10 Å². The van der Waals surface area contributed by atoms with E-state index in [0.717, 1.165) is 18.8 Å². The highest BCUT2D eigenvalue weighted by Gasteiger charge is 2.18. The zero-order chi connectivity index (χ0) is 19.5. The Hall–Kier alpha value is -3.15. The molecule has 1 atom stereocenters. The highest BCUT2D eigenvalue weighted by atomic mass is 16.2. The van der Waals surface area contributed by atoms with Crippen LogP contribution in [0.2, 0.25) is 0 Å². The Kier molecular flexibility index (Phi) is 5.10. The number of amides is 1. The molecule has 4 rings (SSSR count). The molecule has 1 fully saturated rings. The molecule has 3 aromatic rings. The fourth-order valence-electron chi connectivity index (χ4n) is 3.70. The molecular weight excluding hydrogens is 352 g/mol. The topological polar surface area (TPSA) is 67.2 Å².